The highest BCUT2D eigenvalue weighted by Gasteiger charge is 2.49. The Morgan fingerprint density at radius 3 is 2.47 bits per heavy atom. The normalized spacial score (nSPS) is 28.1. The van der Waals surface area contributed by atoms with E-state index in [0.29, 0.717) is 0 Å². The molecule has 1 N–H and O–H groups in total. The third-order valence-corrected chi connectivity index (χ3v) is 2.23. The van der Waals surface area contributed by atoms with E-state index in [9.17, 15) is 18.3 Å². The van der Waals surface area contributed by atoms with Crippen LogP contribution in [0.3, 0.4) is 0 Å². The van der Waals surface area contributed by atoms with Gasteiger partial charge in [-0.25, -0.2) is 0 Å². The first-order valence-electron chi connectivity index (χ1n) is 4.84. The van der Waals surface area contributed by atoms with E-state index in [-0.39, 0.29) is 12.8 Å². The van der Waals surface area contributed by atoms with Crippen molar-refractivity contribution in [3.8, 4) is 0 Å². The molecule has 0 saturated carbocycles. The standard InChI is InChI=1S/C10H15F3O2/c1-6(2)3-7(14)4-8-5-9(15-8)10(11,12)13/h3,7-9,14H,4-5H2,1-2H3. The van der Waals surface area contributed by atoms with Crippen LogP contribution in [0.4, 0.5) is 13.2 Å². The SMILES string of the molecule is CC(C)=CC(O)CC1CC(C(F)(F)F)O1. The maximum Gasteiger partial charge on any atom is 0.414 e. The lowest BCUT2D eigenvalue weighted by atomic mass is 9.98. The summed E-state index contributed by atoms with van der Waals surface area (Å²) in [6, 6.07) is 0. The highest BCUT2D eigenvalue weighted by Crippen LogP contribution is 2.36. The van der Waals surface area contributed by atoms with Gasteiger partial charge in [-0.05, 0) is 13.8 Å². The monoisotopic (exact) mass is 224 g/mol. The van der Waals surface area contributed by atoms with Crippen LogP contribution >= 0.6 is 0 Å². The molecule has 2 nitrogen and oxygen atoms in total. The summed E-state index contributed by atoms with van der Waals surface area (Å²) in [5, 5.41) is 9.41. The molecule has 0 aromatic rings. The van der Waals surface area contributed by atoms with E-state index in [0.717, 1.165) is 5.57 Å². The van der Waals surface area contributed by atoms with Crippen LogP contribution in [0.2, 0.25) is 0 Å². The summed E-state index contributed by atoms with van der Waals surface area (Å²) >= 11 is 0. The van der Waals surface area contributed by atoms with E-state index < -0.39 is 24.5 Å². The van der Waals surface area contributed by atoms with Crippen molar-refractivity contribution in [1.29, 1.82) is 0 Å². The zero-order valence-corrected chi connectivity index (χ0v) is 8.71. The summed E-state index contributed by atoms with van der Waals surface area (Å²) in [6.45, 7) is 3.65. The molecule has 0 amide bonds. The number of alkyl halides is 3. The molecular weight excluding hydrogens is 209 g/mol. The molecule has 1 aliphatic rings. The second-order valence-corrected chi connectivity index (χ2v) is 4.07. The largest absolute Gasteiger partial charge is 0.414 e. The second kappa shape index (κ2) is 4.53. The fourth-order valence-corrected chi connectivity index (χ4v) is 1.54. The molecule has 0 spiro atoms. The van der Waals surface area contributed by atoms with Gasteiger partial charge in [0.1, 0.15) is 0 Å². The van der Waals surface area contributed by atoms with Crippen LogP contribution in [0.25, 0.3) is 0 Å². The molecule has 0 aromatic carbocycles. The van der Waals surface area contributed by atoms with Gasteiger partial charge in [0.25, 0.3) is 0 Å². The Morgan fingerprint density at radius 2 is 2.07 bits per heavy atom. The number of ether oxygens (including phenoxy) is 1. The molecule has 15 heavy (non-hydrogen) atoms. The zero-order chi connectivity index (χ0) is 11.6. The van der Waals surface area contributed by atoms with Crippen molar-refractivity contribution in [2.24, 2.45) is 0 Å². The van der Waals surface area contributed by atoms with Gasteiger partial charge in [-0.3, -0.25) is 0 Å². The number of hydrogen-bond donors (Lipinski definition) is 1. The molecule has 1 heterocycles. The van der Waals surface area contributed by atoms with E-state index >= 15 is 0 Å². The molecule has 88 valence electrons. The first kappa shape index (κ1) is 12.5. The number of aliphatic hydroxyl groups is 1. The predicted octanol–water partition coefficient (Wildman–Crippen LogP) is 2.42. The smallest absolute Gasteiger partial charge is 0.389 e. The molecule has 0 radical (unpaired) electrons. The number of allylic oxidation sites excluding steroid dienone is 1. The summed E-state index contributed by atoms with van der Waals surface area (Å²) in [5.41, 5.74) is 0.939. The quantitative estimate of drug-likeness (QED) is 0.746. The van der Waals surface area contributed by atoms with Crippen LogP contribution in [0, 0.1) is 0 Å². The Bertz CT molecular complexity index is 238. The first-order chi connectivity index (χ1) is 6.79. The maximum absolute atomic E-state index is 12.0. The van der Waals surface area contributed by atoms with Crippen molar-refractivity contribution in [2.45, 2.75) is 51.2 Å². The summed E-state index contributed by atoms with van der Waals surface area (Å²) in [5.74, 6) is 0. The molecular formula is C10H15F3O2. The van der Waals surface area contributed by atoms with Crippen LogP contribution in [-0.4, -0.2) is 29.6 Å². The van der Waals surface area contributed by atoms with Gasteiger partial charge in [-0.2, -0.15) is 13.2 Å². The molecule has 1 saturated heterocycles. The van der Waals surface area contributed by atoms with Gasteiger partial charge < -0.3 is 9.84 Å². The first-order valence-corrected chi connectivity index (χ1v) is 4.84. The third kappa shape index (κ3) is 3.83. The molecule has 1 fully saturated rings. The average molecular weight is 224 g/mol. The summed E-state index contributed by atoms with van der Waals surface area (Å²) in [7, 11) is 0. The van der Waals surface area contributed by atoms with Gasteiger partial charge in [0.2, 0.25) is 0 Å². The van der Waals surface area contributed by atoms with Crippen molar-refractivity contribution in [3.05, 3.63) is 11.6 Å². The van der Waals surface area contributed by atoms with Gasteiger partial charge in [0.15, 0.2) is 6.10 Å². The molecule has 3 unspecified atom stereocenters. The molecule has 1 rings (SSSR count). The Kier molecular flexibility index (Phi) is 3.78. The van der Waals surface area contributed by atoms with Gasteiger partial charge in [-0.1, -0.05) is 11.6 Å². The highest BCUT2D eigenvalue weighted by atomic mass is 19.4. The lowest BCUT2D eigenvalue weighted by Gasteiger charge is -2.37. The number of aliphatic hydroxyl groups excluding tert-OH is 1. The minimum absolute atomic E-state index is 0.0445. The fraction of sp³-hybridized carbons (Fsp3) is 0.800. The number of rotatable bonds is 3. The molecule has 1 aliphatic heterocycles. The molecule has 5 heteroatoms. The van der Waals surface area contributed by atoms with Gasteiger partial charge in [-0.15, -0.1) is 0 Å². The summed E-state index contributed by atoms with van der Waals surface area (Å²) < 4.78 is 40.7. The van der Waals surface area contributed by atoms with Crippen molar-refractivity contribution in [2.75, 3.05) is 0 Å². The average Bonchev–Trinajstić information content (AvgIpc) is 1.91. The Labute approximate surface area is 86.7 Å². The summed E-state index contributed by atoms with van der Waals surface area (Å²) in [4.78, 5) is 0. The molecule has 0 aliphatic carbocycles. The Balaban J connectivity index is 2.26. The van der Waals surface area contributed by atoms with Crippen molar-refractivity contribution < 1.29 is 23.0 Å². The van der Waals surface area contributed by atoms with Crippen molar-refractivity contribution in [1.82, 2.24) is 0 Å². The van der Waals surface area contributed by atoms with E-state index in [4.69, 9.17) is 0 Å². The van der Waals surface area contributed by atoms with Gasteiger partial charge in [0.05, 0.1) is 12.2 Å². The molecule has 3 atom stereocenters. The number of hydrogen-bond acceptors (Lipinski definition) is 2. The van der Waals surface area contributed by atoms with Gasteiger partial charge >= 0.3 is 6.18 Å². The van der Waals surface area contributed by atoms with E-state index in [1.54, 1.807) is 6.08 Å². The number of halogens is 3. The van der Waals surface area contributed by atoms with Crippen LogP contribution in [0.15, 0.2) is 11.6 Å². The fourth-order valence-electron chi connectivity index (χ4n) is 1.54. The van der Waals surface area contributed by atoms with Crippen LogP contribution in [-0.2, 0) is 4.74 Å². The van der Waals surface area contributed by atoms with Crippen LogP contribution in [0.1, 0.15) is 26.7 Å². The minimum Gasteiger partial charge on any atom is -0.389 e. The van der Waals surface area contributed by atoms with Crippen LogP contribution < -0.4 is 0 Å². The van der Waals surface area contributed by atoms with Gasteiger partial charge in [0, 0.05) is 12.8 Å². The third-order valence-electron chi connectivity index (χ3n) is 2.23. The highest BCUT2D eigenvalue weighted by molar-refractivity contribution is 4.99. The Hall–Kier alpha value is -0.550. The van der Waals surface area contributed by atoms with Crippen molar-refractivity contribution in [3.63, 3.8) is 0 Å². The lowest BCUT2D eigenvalue weighted by molar-refractivity contribution is -0.288. The Morgan fingerprint density at radius 1 is 1.53 bits per heavy atom. The predicted molar refractivity (Wildman–Crippen MR) is 49.4 cm³/mol. The van der Waals surface area contributed by atoms with E-state index in [2.05, 4.69) is 4.74 Å². The maximum atomic E-state index is 12.0. The van der Waals surface area contributed by atoms with Crippen LogP contribution in [0.5, 0.6) is 0 Å². The molecule has 0 bridgehead atoms. The summed E-state index contributed by atoms with van der Waals surface area (Å²) in [6.07, 6.45) is -5.28. The second-order valence-electron chi connectivity index (χ2n) is 4.07. The molecule has 0 aromatic heterocycles. The van der Waals surface area contributed by atoms with Crippen molar-refractivity contribution >= 4 is 0 Å². The minimum atomic E-state index is -4.27. The topological polar surface area (TPSA) is 29.5 Å². The zero-order valence-electron chi connectivity index (χ0n) is 8.71. The van der Waals surface area contributed by atoms with E-state index in [1.165, 1.54) is 0 Å². The van der Waals surface area contributed by atoms with E-state index in [1.807, 2.05) is 13.8 Å². The lowest BCUT2D eigenvalue weighted by Crippen LogP contribution is -2.48.